The Kier molecular flexibility index (Phi) is 6.89. The Bertz CT molecular complexity index is 725. The van der Waals surface area contributed by atoms with Crippen LogP contribution in [0.3, 0.4) is 0 Å². The first kappa shape index (κ1) is 19.6. The summed E-state index contributed by atoms with van der Waals surface area (Å²) in [5.41, 5.74) is 0.912. The fourth-order valence-corrected chi connectivity index (χ4v) is 2.54. The molecule has 2 aromatic heterocycles. The third-order valence-corrected chi connectivity index (χ3v) is 3.88. The van der Waals surface area contributed by atoms with Crippen LogP contribution in [0.15, 0.2) is 36.8 Å². The Morgan fingerprint density at radius 1 is 1.19 bits per heavy atom. The topological polar surface area (TPSA) is 88.9 Å². The second-order valence-corrected chi connectivity index (χ2v) is 7.08. The number of carbonyl (C=O) groups excluding carboxylic acids is 2. The molecule has 2 heterocycles. The monoisotopic (exact) mass is 357 g/mol. The summed E-state index contributed by atoms with van der Waals surface area (Å²) in [4.78, 5) is 28.8. The Morgan fingerprint density at radius 3 is 2.58 bits per heavy atom. The molecule has 0 aliphatic rings. The third-order valence-electron chi connectivity index (χ3n) is 3.88. The van der Waals surface area contributed by atoms with Crippen LogP contribution in [0, 0.1) is 11.8 Å². The summed E-state index contributed by atoms with van der Waals surface area (Å²) in [6.07, 6.45) is 5.59. The summed E-state index contributed by atoms with van der Waals surface area (Å²) in [5.74, 6) is 0.660. The average molecular weight is 357 g/mol. The normalized spacial score (nSPS) is 12.2. The van der Waals surface area contributed by atoms with Crippen LogP contribution < -0.4 is 10.6 Å². The molecule has 0 bridgehead atoms. The number of nitrogens with one attached hydrogen (secondary N) is 2. The molecule has 0 radical (unpaired) electrons. The van der Waals surface area contributed by atoms with Gasteiger partial charge in [-0.25, -0.2) is 9.67 Å². The Labute approximate surface area is 154 Å². The van der Waals surface area contributed by atoms with E-state index in [9.17, 15) is 9.59 Å². The highest BCUT2D eigenvalue weighted by Gasteiger charge is 2.24. The van der Waals surface area contributed by atoms with Crippen LogP contribution >= 0.6 is 0 Å². The van der Waals surface area contributed by atoms with Crippen molar-refractivity contribution < 1.29 is 9.59 Å². The third kappa shape index (κ3) is 5.68. The van der Waals surface area contributed by atoms with E-state index in [0.29, 0.717) is 18.8 Å². The largest absolute Gasteiger partial charge is 0.350 e. The molecule has 140 valence electrons. The number of hydrogen-bond donors (Lipinski definition) is 2. The second kappa shape index (κ2) is 9.12. The van der Waals surface area contributed by atoms with Crippen molar-refractivity contribution in [2.75, 3.05) is 0 Å². The van der Waals surface area contributed by atoms with Crippen LogP contribution in [0.2, 0.25) is 0 Å². The van der Waals surface area contributed by atoms with E-state index in [1.54, 1.807) is 17.1 Å². The maximum Gasteiger partial charge on any atom is 0.243 e. The van der Waals surface area contributed by atoms with Crippen LogP contribution in [0.5, 0.6) is 0 Å². The molecule has 2 aromatic rings. The molecule has 0 fully saturated rings. The smallest absolute Gasteiger partial charge is 0.243 e. The van der Waals surface area contributed by atoms with Crippen molar-refractivity contribution in [2.45, 2.75) is 46.7 Å². The van der Waals surface area contributed by atoms with E-state index in [0.717, 1.165) is 5.56 Å². The zero-order valence-electron chi connectivity index (χ0n) is 15.8. The molecule has 2 N–H and O–H groups in total. The van der Waals surface area contributed by atoms with Crippen LogP contribution in [0.25, 0.3) is 5.82 Å². The van der Waals surface area contributed by atoms with Gasteiger partial charge in [0.05, 0.1) is 0 Å². The fraction of sp³-hybridized carbons (Fsp3) is 0.474. The summed E-state index contributed by atoms with van der Waals surface area (Å²) in [6.45, 7) is 8.15. The lowest BCUT2D eigenvalue weighted by molar-refractivity contribution is -0.130. The van der Waals surface area contributed by atoms with E-state index in [-0.39, 0.29) is 23.7 Å². The van der Waals surface area contributed by atoms with Gasteiger partial charge in [-0.15, -0.1) is 0 Å². The zero-order chi connectivity index (χ0) is 19.1. The van der Waals surface area contributed by atoms with E-state index >= 15 is 0 Å². The number of carbonyl (C=O) groups is 2. The molecule has 7 heteroatoms. The first-order valence-electron chi connectivity index (χ1n) is 8.89. The Hall–Kier alpha value is -2.70. The van der Waals surface area contributed by atoms with E-state index in [2.05, 4.69) is 20.7 Å². The van der Waals surface area contributed by atoms with Gasteiger partial charge in [-0.05, 0) is 35.6 Å². The number of rotatable bonds is 8. The van der Waals surface area contributed by atoms with E-state index in [1.807, 2.05) is 52.1 Å². The Morgan fingerprint density at radius 2 is 1.96 bits per heavy atom. The van der Waals surface area contributed by atoms with Crippen molar-refractivity contribution in [1.82, 2.24) is 25.4 Å². The van der Waals surface area contributed by atoms with Gasteiger partial charge in [0.2, 0.25) is 11.8 Å². The van der Waals surface area contributed by atoms with Crippen LogP contribution in [-0.2, 0) is 16.1 Å². The summed E-state index contributed by atoms with van der Waals surface area (Å²) in [7, 11) is 0. The predicted octanol–water partition coefficient (Wildman–Crippen LogP) is 2.07. The first-order chi connectivity index (χ1) is 12.4. The minimum atomic E-state index is -0.548. The molecule has 7 nitrogen and oxygen atoms in total. The van der Waals surface area contributed by atoms with Crippen molar-refractivity contribution in [1.29, 1.82) is 0 Å². The van der Waals surface area contributed by atoms with Gasteiger partial charge in [0.25, 0.3) is 0 Å². The highest BCUT2D eigenvalue weighted by molar-refractivity contribution is 5.87. The average Bonchev–Trinajstić information content (AvgIpc) is 3.11. The highest BCUT2D eigenvalue weighted by atomic mass is 16.2. The van der Waals surface area contributed by atoms with Crippen LogP contribution in [0.1, 0.15) is 39.7 Å². The van der Waals surface area contributed by atoms with Gasteiger partial charge in [-0.2, -0.15) is 5.10 Å². The Balaban J connectivity index is 1.97. The molecular weight excluding hydrogens is 330 g/mol. The van der Waals surface area contributed by atoms with E-state index in [4.69, 9.17) is 0 Å². The summed E-state index contributed by atoms with van der Waals surface area (Å²) < 4.78 is 1.66. The van der Waals surface area contributed by atoms with Crippen molar-refractivity contribution in [3.63, 3.8) is 0 Å². The summed E-state index contributed by atoms with van der Waals surface area (Å²) >= 11 is 0. The molecule has 26 heavy (non-hydrogen) atoms. The predicted molar refractivity (Wildman–Crippen MR) is 99.4 cm³/mol. The van der Waals surface area contributed by atoms with Crippen LogP contribution in [0.4, 0.5) is 0 Å². The first-order valence-corrected chi connectivity index (χ1v) is 8.89. The quantitative estimate of drug-likeness (QED) is 0.757. The molecule has 0 aliphatic carbocycles. The molecular formula is C19H27N5O2. The number of aromatic nitrogens is 3. The molecule has 0 saturated heterocycles. The lowest BCUT2D eigenvalue weighted by Gasteiger charge is -2.22. The molecule has 0 spiro atoms. The molecule has 0 aromatic carbocycles. The number of nitrogens with zero attached hydrogens (tertiary/aromatic N) is 3. The zero-order valence-corrected chi connectivity index (χ0v) is 15.8. The number of hydrogen-bond acceptors (Lipinski definition) is 4. The van der Waals surface area contributed by atoms with E-state index < -0.39 is 6.04 Å². The molecule has 0 saturated carbocycles. The van der Waals surface area contributed by atoms with Gasteiger partial charge in [-0.3, -0.25) is 9.59 Å². The second-order valence-electron chi connectivity index (χ2n) is 7.08. The summed E-state index contributed by atoms with van der Waals surface area (Å²) in [5, 5.41) is 9.89. The summed E-state index contributed by atoms with van der Waals surface area (Å²) in [6, 6.07) is 4.99. The minimum Gasteiger partial charge on any atom is -0.350 e. The molecule has 2 amide bonds. The van der Waals surface area contributed by atoms with Crippen LogP contribution in [-0.4, -0.2) is 32.6 Å². The molecule has 1 unspecified atom stereocenters. The van der Waals surface area contributed by atoms with E-state index in [1.165, 1.54) is 0 Å². The molecule has 0 aliphatic heterocycles. The maximum absolute atomic E-state index is 12.5. The van der Waals surface area contributed by atoms with Gasteiger partial charge < -0.3 is 10.6 Å². The molecule has 1 atom stereocenters. The fourth-order valence-electron chi connectivity index (χ4n) is 2.54. The molecule has 2 rings (SSSR count). The van der Waals surface area contributed by atoms with Gasteiger partial charge in [-0.1, -0.05) is 27.7 Å². The van der Waals surface area contributed by atoms with Gasteiger partial charge in [0.15, 0.2) is 5.82 Å². The van der Waals surface area contributed by atoms with Crippen molar-refractivity contribution in [2.24, 2.45) is 11.8 Å². The highest BCUT2D eigenvalue weighted by Crippen LogP contribution is 2.08. The van der Waals surface area contributed by atoms with Crippen molar-refractivity contribution in [3.8, 4) is 5.82 Å². The van der Waals surface area contributed by atoms with Gasteiger partial charge >= 0.3 is 0 Å². The van der Waals surface area contributed by atoms with Crippen molar-refractivity contribution in [3.05, 3.63) is 42.4 Å². The SMILES string of the molecule is CC(C)CC(=O)NC(C(=O)NCc1ccnc(-n2cccn2)c1)C(C)C. The van der Waals surface area contributed by atoms with Crippen molar-refractivity contribution >= 4 is 11.8 Å². The number of amides is 2. The number of pyridine rings is 1. The van der Waals surface area contributed by atoms with Gasteiger partial charge in [0, 0.05) is 31.6 Å². The maximum atomic E-state index is 12.5. The standard InChI is InChI=1S/C19H27N5O2/c1-13(2)10-17(25)23-18(14(3)4)19(26)21-12-15-6-8-20-16(11-15)24-9-5-7-22-24/h5-9,11,13-14,18H,10,12H2,1-4H3,(H,21,26)(H,23,25). The lowest BCUT2D eigenvalue weighted by Crippen LogP contribution is -2.49. The lowest BCUT2D eigenvalue weighted by atomic mass is 10.0. The minimum absolute atomic E-state index is 0.00295. The van der Waals surface area contributed by atoms with Gasteiger partial charge in [0.1, 0.15) is 6.04 Å².